The first-order chi connectivity index (χ1) is 11.0. The first kappa shape index (κ1) is 16.5. The molecule has 0 spiro atoms. The first-order valence-electron chi connectivity index (χ1n) is 7.33. The van der Waals surface area contributed by atoms with Crippen LogP contribution >= 0.6 is 0 Å². The first-order valence-corrected chi connectivity index (χ1v) is 7.33. The van der Waals surface area contributed by atoms with E-state index in [1.54, 1.807) is 50.4 Å². The van der Waals surface area contributed by atoms with Crippen LogP contribution in [0.5, 0.6) is 5.75 Å². The van der Waals surface area contributed by atoms with Gasteiger partial charge in [0.15, 0.2) is 0 Å². The standard InChI is InChI=1S/C18H20N2O3/c1-12-15(10-7-11-16(12)23-3)20-17(21)13(2)19-18(22)14-8-5-4-6-9-14/h4-11,13H,1-3H3,(H,19,22)(H,20,21). The highest BCUT2D eigenvalue weighted by molar-refractivity contribution is 6.01. The number of anilines is 1. The van der Waals surface area contributed by atoms with Gasteiger partial charge in [-0.05, 0) is 38.1 Å². The molecule has 2 aromatic carbocycles. The van der Waals surface area contributed by atoms with E-state index in [2.05, 4.69) is 10.6 Å². The average molecular weight is 312 g/mol. The Hall–Kier alpha value is -2.82. The summed E-state index contributed by atoms with van der Waals surface area (Å²) in [5, 5.41) is 5.49. The Balaban J connectivity index is 2.02. The lowest BCUT2D eigenvalue weighted by atomic mass is 10.1. The van der Waals surface area contributed by atoms with Gasteiger partial charge in [0.25, 0.3) is 5.91 Å². The molecule has 120 valence electrons. The summed E-state index contributed by atoms with van der Waals surface area (Å²) in [6.45, 7) is 3.51. The summed E-state index contributed by atoms with van der Waals surface area (Å²) < 4.78 is 5.23. The van der Waals surface area contributed by atoms with E-state index >= 15 is 0 Å². The van der Waals surface area contributed by atoms with Crippen molar-refractivity contribution in [2.45, 2.75) is 19.9 Å². The molecule has 2 amide bonds. The molecule has 23 heavy (non-hydrogen) atoms. The molecule has 0 heterocycles. The van der Waals surface area contributed by atoms with Gasteiger partial charge < -0.3 is 15.4 Å². The van der Waals surface area contributed by atoms with Crippen molar-refractivity contribution in [3.05, 3.63) is 59.7 Å². The van der Waals surface area contributed by atoms with Gasteiger partial charge in [0, 0.05) is 16.8 Å². The number of methoxy groups -OCH3 is 1. The van der Waals surface area contributed by atoms with E-state index in [-0.39, 0.29) is 11.8 Å². The zero-order chi connectivity index (χ0) is 16.8. The van der Waals surface area contributed by atoms with E-state index in [1.807, 2.05) is 19.1 Å². The van der Waals surface area contributed by atoms with Gasteiger partial charge in [0.2, 0.25) is 5.91 Å². The Labute approximate surface area is 135 Å². The van der Waals surface area contributed by atoms with Crippen LogP contribution in [0.4, 0.5) is 5.69 Å². The van der Waals surface area contributed by atoms with Crippen molar-refractivity contribution in [1.82, 2.24) is 5.32 Å². The van der Waals surface area contributed by atoms with Crippen molar-refractivity contribution in [1.29, 1.82) is 0 Å². The third-order valence-electron chi connectivity index (χ3n) is 3.54. The Kier molecular flexibility index (Phi) is 5.36. The van der Waals surface area contributed by atoms with E-state index < -0.39 is 6.04 Å². The monoisotopic (exact) mass is 312 g/mol. The highest BCUT2D eigenvalue weighted by atomic mass is 16.5. The van der Waals surface area contributed by atoms with E-state index in [0.717, 1.165) is 5.56 Å². The van der Waals surface area contributed by atoms with Crippen molar-refractivity contribution in [2.75, 3.05) is 12.4 Å². The fourth-order valence-electron chi connectivity index (χ4n) is 2.15. The summed E-state index contributed by atoms with van der Waals surface area (Å²) in [5.74, 6) is 0.130. The van der Waals surface area contributed by atoms with E-state index in [4.69, 9.17) is 4.74 Å². The fraction of sp³-hybridized carbons (Fsp3) is 0.222. The van der Waals surface area contributed by atoms with Crippen molar-refractivity contribution in [3.8, 4) is 5.75 Å². The molecule has 2 rings (SSSR count). The highest BCUT2D eigenvalue weighted by Gasteiger charge is 2.17. The number of hydrogen-bond donors (Lipinski definition) is 2. The molecule has 2 N–H and O–H groups in total. The summed E-state index contributed by atoms with van der Waals surface area (Å²) in [7, 11) is 1.58. The quantitative estimate of drug-likeness (QED) is 0.892. The van der Waals surface area contributed by atoms with Gasteiger partial charge in [-0.1, -0.05) is 24.3 Å². The molecule has 0 fully saturated rings. The van der Waals surface area contributed by atoms with Crippen molar-refractivity contribution >= 4 is 17.5 Å². The fourth-order valence-corrected chi connectivity index (χ4v) is 2.15. The minimum atomic E-state index is -0.659. The second kappa shape index (κ2) is 7.45. The SMILES string of the molecule is COc1cccc(NC(=O)C(C)NC(=O)c2ccccc2)c1C. The molecular weight excluding hydrogens is 292 g/mol. The second-order valence-electron chi connectivity index (χ2n) is 5.18. The largest absolute Gasteiger partial charge is 0.496 e. The van der Waals surface area contributed by atoms with Crippen LogP contribution in [-0.4, -0.2) is 25.0 Å². The maximum Gasteiger partial charge on any atom is 0.251 e. The van der Waals surface area contributed by atoms with Crippen molar-refractivity contribution < 1.29 is 14.3 Å². The number of rotatable bonds is 5. The zero-order valence-electron chi connectivity index (χ0n) is 13.4. The van der Waals surface area contributed by atoms with Crippen LogP contribution in [0.15, 0.2) is 48.5 Å². The Bertz CT molecular complexity index is 699. The van der Waals surface area contributed by atoms with Gasteiger partial charge in [0.1, 0.15) is 11.8 Å². The van der Waals surface area contributed by atoms with Crippen LogP contribution in [0.25, 0.3) is 0 Å². The maximum atomic E-state index is 12.3. The van der Waals surface area contributed by atoms with Crippen LogP contribution in [-0.2, 0) is 4.79 Å². The number of nitrogens with one attached hydrogen (secondary N) is 2. The molecule has 0 aliphatic rings. The van der Waals surface area contributed by atoms with Gasteiger partial charge in [-0.2, -0.15) is 0 Å². The molecule has 5 nitrogen and oxygen atoms in total. The minimum Gasteiger partial charge on any atom is -0.496 e. The van der Waals surface area contributed by atoms with Gasteiger partial charge >= 0.3 is 0 Å². The summed E-state index contributed by atoms with van der Waals surface area (Å²) in [6, 6.07) is 13.5. The Morgan fingerprint density at radius 3 is 2.39 bits per heavy atom. The molecule has 0 bridgehead atoms. The van der Waals surface area contributed by atoms with Crippen molar-refractivity contribution in [2.24, 2.45) is 0 Å². The lowest BCUT2D eigenvalue weighted by Crippen LogP contribution is -2.41. The number of hydrogen-bond acceptors (Lipinski definition) is 3. The molecule has 2 aromatic rings. The summed E-state index contributed by atoms with van der Waals surface area (Å²) in [4.78, 5) is 24.3. The van der Waals surface area contributed by atoms with E-state index in [9.17, 15) is 9.59 Å². The predicted octanol–water partition coefficient (Wildman–Crippen LogP) is 2.76. The van der Waals surface area contributed by atoms with Crippen LogP contribution in [0, 0.1) is 6.92 Å². The molecule has 1 unspecified atom stereocenters. The molecule has 0 saturated heterocycles. The zero-order valence-corrected chi connectivity index (χ0v) is 13.4. The molecule has 0 radical (unpaired) electrons. The Morgan fingerprint density at radius 1 is 1.04 bits per heavy atom. The van der Waals surface area contributed by atoms with Crippen LogP contribution in [0.3, 0.4) is 0 Å². The van der Waals surface area contributed by atoms with E-state index in [1.165, 1.54) is 0 Å². The Morgan fingerprint density at radius 2 is 1.74 bits per heavy atom. The summed E-state index contributed by atoms with van der Waals surface area (Å²) in [6.07, 6.45) is 0. The molecule has 1 atom stereocenters. The number of amides is 2. The molecule has 0 aromatic heterocycles. The van der Waals surface area contributed by atoms with Crippen LogP contribution in [0.1, 0.15) is 22.8 Å². The number of carbonyl (C=O) groups excluding carboxylic acids is 2. The minimum absolute atomic E-state index is 0.282. The van der Waals surface area contributed by atoms with Crippen LogP contribution in [0.2, 0.25) is 0 Å². The molecule has 0 aliphatic carbocycles. The normalized spacial score (nSPS) is 11.4. The lowest BCUT2D eigenvalue weighted by molar-refractivity contribution is -0.117. The third-order valence-corrected chi connectivity index (χ3v) is 3.54. The number of ether oxygens (including phenoxy) is 1. The lowest BCUT2D eigenvalue weighted by Gasteiger charge is -2.16. The van der Waals surface area contributed by atoms with Gasteiger partial charge in [-0.15, -0.1) is 0 Å². The predicted molar refractivity (Wildman–Crippen MR) is 89.7 cm³/mol. The number of benzene rings is 2. The average Bonchev–Trinajstić information content (AvgIpc) is 2.57. The van der Waals surface area contributed by atoms with Gasteiger partial charge in [0.05, 0.1) is 7.11 Å². The highest BCUT2D eigenvalue weighted by Crippen LogP contribution is 2.24. The second-order valence-corrected chi connectivity index (χ2v) is 5.18. The van der Waals surface area contributed by atoms with Crippen LogP contribution < -0.4 is 15.4 Å². The summed E-state index contributed by atoms with van der Waals surface area (Å²) >= 11 is 0. The smallest absolute Gasteiger partial charge is 0.251 e. The molecule has 5 heteroatoms. The topological polar surface area (TPSA) is 67.4 Å². The maximum absolute atomic E-state index is 12.3. The van der Waals surface area contributed by atoms with Crippen molar-refractivity contribution in [3.63, 3.8) is 0 Å². The number of carbonyl (C=O) groups is 2. The molecule has 0 aliphatic heterocycles. The van der Waals surface area contributed by atoms with E-state index in [0.29, 0.717) is 17.0 Å². The molecular formula is C18H20N2O3. The van der Waals surface area contributed by atoms with Gasteiger partial charge in [-0.25, -0.2) is 0 Å². The third kappa shape index (κ3) is 4.10. The summed E-state index contributed by atoms with van der Waals surface area (Å²) in [5.41, 5.74) is 2.02. The van der Waals surface area contributed by atoms with Gasteiger partial charge in [-0.3, -0.25) is 9.59 Å². The molecule has 0 saturated carbocycles.